The second kappa shape index (κ2) is 15.0. The standard InChI is InChI=1S/C29H37NO5/c1-2-28(31)34-21-11-6-4-3-5-10-20-33-25-17-14-23(15-18-25)27-19-16-24(22-30-27)29(32)35-26-12-8-7-9-13-26/h2,14-19,22,26H,1,3-13,20-21H2. The van der Waals surface area contributed by atoms with Crippen LogP contribution in [0.1, 0.15) is 81.0 Å². The average molecular weight is 480 g/mol. The summed E-state index contributed by atoms with van der Waals surface area (Å²) in [6, 6.07) is 11.5. The van der Waals surface area contributed by atoms with E-state index >= 15 is 0 Å². The zero-order chi connectivity index (χ0) is 24.7. The number of esters is 2. The lowest BCUT2D eigenvalue weighted by Crippen LogP contribution is -2.21. The Hall–Kier alpha value is -3.15. The second-order valence-electron chi connectivity index (χ2n) is 8.96. The largest absolute Gasteiger partial charge is 0.494 e. The van der Waals surface area contributed by atoms with E-state index in [2.05, 4.69) is 11.6 Å². The Labute approximate surface area is 208 Å². The van der Waals surface area contributed by atoms with E-state index in [1.54, 1.807) is 12.3 Å². The molecule has 188 valence electrons. The summed E-state index contributed by atoms with van der Waals surface area (Å²) in [5, 5.41) is 0. The lowest BCUT2D eigenvalue weighted by molar-refractivity contribution is -0.137. The first-order valence-corrected chi connectivity index (χ1v) is 12.8. The van der Waals surface area contributed by atoms with Gasteiger partial charge in [-0.25, -0.2) is 9.59 Å². The van der Waals surface area contributed by atoms with E-state index in [0.717, 1.165) is 81.2 Å². The van der Waals surface area contributed by atoms with Crippen molar-refractivity contribution in [1.29, 1.82) is 0 Å². The van der Waals surface area contributed by atoms with Gasteiger partial charge in [0.05, 0.1) is 24.5 Å². The molecule has 0 atom stereocenters. The van der Waals surface area contributed by atoms with Crippen molar-refractivity contribution in [3.63, 3.8) is 0 Å². The minimum atomic E-state index is -0.351. The molecule has 0 saturated heterocycles. The van der Waals surface area contributed by atoms with Gasteiger partial charge in [0.1, 0.15) is 11.9 Å². The summed E-state index contributed by atoms with van der Waals surface area (Å²) in [5.74, 6) is 0.204. The number of hydrogen-bond acceptors (Lipinski definition) is 6. The monoisotopic (exact) mass is 479 g/mol. The highest BCUT2D eigenvalue weighted by atomic mass is 16.5. The highest BCUT2D eigenvalue weighted by molar-refractivity contribution is 5.89. The molecule has 1 aromatic heterocycles. The normalized spacial score (nSPS) is 13.7. The van der Waals surface area contributed by atoms with Gasteiger partial charge in [-0.3, -0.25) is 4.98 Å². The summed E-state index contributed by atoms with van der Waals surface area (Å²) in [7, 11) is 0. The molecule has 3 rings (SSSR count). The van der Waals surface area contributed by atoms with Crippen molar-refractivity contribution in [2.24, 2.45) is 0 Å². The quantitative estimate of drug-likeness (QED) is 0.171. The van der Waals surface area contributed by atoms with Gasteiger partial charge in [0.15, 0.2) is 0 Å². The SMILES string of the molecule is C=CC(=O)OCCCCCCCCOc1ccc(-c2ccc(C(=O)OC3CCCCC3)cn2)cc1. The molecule has 0 amide bonds. The number of rotatable bonds is 14. The summed E-state index contributed by atoms with van der Waals surface area (Å²) >= 11 is 0. The molecule has 1 aliphatic carbocycles. The highest BCUT2D eigenvalue weighted by Gasteiger charge is 2.19. The van der Waals surface area contributed by atoms with Crippen LogP contribution in [0.15, 0.2) is 55.3 Å². The number of nitrogens with zero attached hydrogens (tertiary/aromatic N) is 1. The summed E-state index contributed by atoms with van der Waals surface area (Å²) in [6.45, 7) is 4.53. The summed E-state index contributed by atoms with van der Waals surface area (Å²) in [5.41, 5.74) is 2.28. The van der Waals surface area contributed by atoms with E-state index in [0.29, 0.717) is 18.8 Å². The molecule has 6 nitrogen and oxygen atoms in total. The van der Waals surface area contributed by atoms with Gasteiger partial charge >= 0.3 is 11.9 Å². The molecule has 0 spiro atoms. The summed E-state index contributed by atoms with van der Waals surface area (Å²) < 4.78 is 16.4. The topological polar surface area (TPSA) is 74.7 Å². The fourth-order valence-electron chi connectivity index (χ4n) is 4.14. The van der Waals surface area contributed by atoms with E-state index in [1.807, 2.05) is 30.3 Å². The van der Waals surface area contributed by atoms with Gasteiger partial charge in [0, 0.05) is 17.8 Å². The Morgan fingerprint density at radius 3 is 2.23 bits per heavy atom. The van der Waals surface area contributed by atoms with Crippen molar-refractivity contribution >= 4 is 11.9 Å². The molecule has 1 aromatic carbocycles. The number of carbonyl (C=O) groups excluding carboxylic acids is 2. The van der Waals surface area contributed by atoms with Crippen LogP contribution in [0.5, 0.6) is 5.75 Å². The smallest absolute Gasteiger partial charge is 0.339 e. The molecule has 0 aliphatic heterocycles. The Morgan fingerprint density at radius 2 is 1.57 bits per heavy atom. The van der Waals surface area contributed by atoms with Crippen LogP contribution in [0.25, 0.3) is 11.3 Å². The Morgan fingerprint density at radius 1 is 0.886 bits per heavy atom. The Balaban J connectivity index is 1.31. The minimum absolute atomic E-state index is 0.0454. The first-order chi connectivity index (χ1) is 17.2. The molecule has 0 radical (unpaired) electrons. The van der Waals surface area contributed by atoms with E-state index in [9.17, 15) is 9.59 Å². The molecular weight excluding hydrogens is 442 g/mol. The minimum Gasteiger partial charge on any atom is -0.494 e. The molecule has 2 aromatic rings. The Kier molecular flexibility index (Phi) is 11.3. The summed E-state index contributed by atoms with van der Waals surface area (Å²) in [6.07, 6.45) is 14.6. The number of aromatic nitrogens is 1. The zero-order valence-corrected chi connectivity index (χ0v) is 20.6. The van der Waals surface area contributed by atoms with Crippen LogP contribution in [0, 0.1) is 0 Å². The van der Waals surface area contributed by atoms with Crippen molar-refractivity contribution in [3.8, 4) is 17.0 Å². The molecule has 35 heavy (non-hydrogen) atoms. The number of benzene rings is 1. The van der Waals surface area contributed by atoms with Crippen LogP contribution in [0.3, 0.4) is 0 Å². The Bertz CT molecular complexity index is 917. The third-order valence-corrected chi connectivity index (χ3v) is 6.19. The van der Waals surface area contributed by atoms with Crippen LogP contribution in [0.2, 0.25) is 0 Å². The fourth-order valence-corrected chi connectivity index (χ4v) is 4.14. The molecule has 0 bridgehead atoms. The van der Waals surface area contributed by atoms with E-state index in [-0.39, 0.29) is 18.0 Å². The maximum atomic E-state index is 12.4. The van der Waals surface area contributed by atoms with Crippen LogP contribution in [0.4, 0.5) is 0 Å². The average Bonchev–Trinajstić information content (AvgIpc) is 2.90. The number of ether oxygens (including phenoxy) is 3. The highest BCUT2D eigenvalue weighted by Crippen LogP contribution is 2.23. The molecule has 0 N–H and O–H groups in total. The van der Waals surface area contributed by atoms with Crippen LogP contribution in [-0.4, -0.2) is 36.2 Å². The molecule has 1 aliphatic rings. The van der Waals surface area contributed by atoms with Gasteiger partial charge in [0.2, 0.25) is 0 Å². The predicted molar refractivity (Wildman–Crippen MR) is 136 cm³/mol. The lowest BCUT2D eigenvalue weighted by atomic mass is 9.98. The zero-order valence-electron chi connectivity index (χ0n) is 20.6. The van der Waals surface area contributed by atoms with Crippen molar-refractivity contribution in [2.75, 3.05) is 13.2 Å². The maximum absolute atomic E-state index is 12.4. The van der Waals surface area contributed by atoms with Crippen LogP contribution in [-0.2, 0) is 14.3 Å². The number of unbranched alkanes of at least 4 members (excludes halogenated alkanes) is 5. The lowest BCUT2D eigenvalue weighted by Gasteiger charge is -2.21. The molecule has 0 unspecified atom stereocenters. The first kappa shape index (κ1) is 26.5. The number of carbonyl (C=O) groups is 2. The fraction of sp³-hybridized carbons (Fsp3) is 0.483. The predicted octanol–water partition coefficient (Wildman–Crippen LogP) is 6.69. The van der Waals surface area contributed by atoms with E-state index in [1.165, 1.54) is 12.5 Å². The van der Waals surface area contributed by atoms with E-state index < -0.39 is 0 Å². The third-order valence-electron chi connectivity index (χ3n) is 6.19. The molecular formula is C29H37NO5. The van der Waals surface area contributed by atoms with Gasteiger partial charge in [-0.15, -0.1) is 0 Å². The van der Waals surface area contributed by atoms with Gasteiger partial charge in [-0.1, -0.05) is 38.7 Å². The number of pyridine rings is 1. The van der Waals surface area contributed by atoms with Gasteiger partial charge in [0.25, 0.3) is 0 Å². The number of hydrogen-bond donors (Lipinski definition) is 0. The summed E-state index contributed by atoms with van der Waals surface area (Å²) in [4.78, 5) is 27.8. The molecule has 1 fully saturated rings. The van der Waals surface area contributed by atoms with Gasteiger partial charge in [-0.2, -0.15) is 0 Å². The van der Waals surface area contributed by atoms with Crippen molar-refractivity contribution in [3.05, 3.63) is 60.8 Å². The van der Waals surface area contributed by atoms with Crippen molar-refractivity contribution in [1.82, 2.24) is 4.98 Å². The van der Waals surface area contributed by atoms with Crippen molar-refractivity contribution in [2.45, 2.75) is 76.7 Å². The second-order valence-corrected chi connectivity index (χ2v) is 8.96. The maximum Gasteiger partial charge on any atom is 0.339 e. The first-order valence-electron chi connectivity index (χ1n) is 12.8. The van der Waals surface area contributed by atoms with E-state index in [4.69, 9.17) is 14.2 Å². The van der Waals surface area contributed by atoms with Crippen molar-refractivity contribution < 1.29 is 23.8 Å². The molecule has 1 saturated carbocycles. The van der Waals surface area contributed by atoms with Crippen LogP contribution >= 0.6 is 0 Å². The molecule has 1 heterocycles. The van der Waals surface area contributed by atoms with Gasteiger partial charge < -0.3 is 14.2 Å². The van der Waals surface area contributed by atoms with Crippen LogP contribution < -0.4 is 4.74 Å². The third kappa shape index (κ3) is 9.55. The van der Waals surface area contributed by atoms with Gasteiger partial charge in [-0.05, 0) is 74.9 Å². The molecule has 6 heteroatoms.